The molecule has 0 unspecified atom stereocenters. The van der Waals surface area contributed by atoms with E-state index in [1.165, 1.54) is 12.1 Å². The summed E-state index contributed by atoms with van der Waals surface area (Å²) in [4.78, 5) is 20.9. The Bertz CT molecular complexity index is 904. The fourth-order valence-corrected chi connectivity index (χ4v) is 2.81. The SMILES string of the molecule is CC(C)CCNC(=O)NCCn1c(-c2ccc(F)cc2)nc2cccnc21. The first-order valence-corrected chi connectivity index (χ1v) is 9.13. The van der Waals surface area contributed by atoms with E-state index in [0.717, 1.165) is 23.1 Å². The Balaban J connectivity index is 1.72. The van der Waals surface area contributed by atoms with E-state index in [1.54, 1.807) is 18.3 Å². The Morgan fingerprint density at radius 1 is 1.15 bits per heavy atom. The van der Waals surface area contributed by atoms with Gasteiger partial charge in [0.25, 0.3) is 0 Å². The number of amides is 2. The summed E-state index contributed by atoms with van der Waals surface area (Å²) in [5.74, 6) is 0.956. The van der Waals surface area contributed by atoms with Gasteiger partial charge >= 0.3 is 6.03 Å². The van der Waals surface area contributed by atoms with Crippen molar-refractivity contribution in [3.63, 3.8) is 0 Å². The van der Waals surface area contributed by atoms with Crippen molar-refractivity contribution in [2.45, 2.75) is 26.8 Å². The lowest BCUT2D eigenvalue weighted by Crippen LogP contribution is -2.38. The van der Waals surface area contributed by atoms with Gasteiger partial charge in [-0.1, -0.05) is 13.8 Å². The molecule has 2 N–H and O–H groups in total. The van der Waals surface area contributed by atoms with Crippen LogP contribution in [-0.4, -0.2) is 33.7 Å². The number of rotatable bonds is 7. The predicted octanol–water partition coefficient (Wildman–Crippen LogP) is 3.58. The molecule has 0 radical (unpaired) electrons. The van der Waals surface area contributed by atoms with Crippen LogP contribution in [0.25, 0.3) is 22.6 Å². The average molecular weight is 369 g/mol. The molecule has 0 aliphatic carbocycles. The Kier molecular flexibility index (Phi) is 6.01. The van der Waals surface area contributed by atoms with E-state index >= 15 is 0 Å². The smallest absolute Gasteiger partial charge is 0.314 e. The van der Waals surface area contributed by atoms with Crippen molar-refractivity contribution in [3.05, 3.63) is 48.4 Å². The van der Waals surface area contributed by atoms with E-state index in [1.807, 2.05) is 16.7 Å². The predicted molar refractivity (Wildman–Crippen MR) is 104 cm³/mol. The van der Waals surface area contributed by atoms with Crippen LogP contribution >= 0.6 is 0 Å². The molecule has 0 aliphatic heterocycles. The molecule has 6 nitrogen and oxygen atoms in total. The number of carbonyl (C=O) groups is 1. The summed E-state index contributed by atoms with van der Waals surface area (Å²) in [7, 11) is 0. The fraction of sp³-hybridized carbons (Fsp3) is 0.350. The summed E-state index contributed by atoms with van der Waals surface area (Å²) in [6.07, 6.45) is 2.65. The Morgan fingerprint density at radius 3 is 2.63 bits per heavy atom. The second-order valence-corrected chi connectivity index (χ2v) is 6.81. The second kappa shape index (κ2) is 8.62. The quantitative estimate of drug-likeness (QED) is 0.669. The lowest BCUT2D eigenvalue weighted by atomic mass is 10.1. The van der Waals surface area contributed by atoms with E-state index < -0.39 is 0 Å². The van der Waals surface area contributed by atoms with Gasteiger partial charge in [-0.2, -0.15) is 0 Å². The van der Waals surface area contributed by atoms with Crippen LogP contribution in [0.5, 0.6) is 0 Å². The number of aromatic nitrogens is 3. The van der Waals surface area contributed by atoms with Crippen molar-refractivity contribution in [1.82, 2.24) is 25.2 Å². The molecule has 0 spiro atoms. The number of hydrogen-bond donors (Lipinski definition) is 2. The third-order valence-corrected chi connectivity index (χ3v) is 4.23. The Morgan fingerprint density at radius 2 is 1.89 bits per heavy atom. The minimum Gasteiger partial charge on any atom is -0.338 e. The van der Waals surface area contributed by atoms with Gasteiger partial charge in [-0.05, 0) is 48.7 Å². The zero-order chi connectivity index (χ0) is 19.2. The summed E-state index contributed by atoms with van der Waals surface area (Å²) in [6.45, 7) is 5.84. The van der Waals surface area contributed by atoms with E-state index in [2.05, 4.69) is 34.4 Å². The van der Waals surface area contributed by atoms with Crippen LogP contribution in [0.4, 0.5) is 9.18 Å². The van der Waals surface area contributed by atoms with E-state index in [9.17, 15) is 9.18 Å². The zero-order valence-corrected chi connectivity index (χ0v) is 15.6. The van der Waals surface area contributed by atoms with Crippen LogP contribution in [0.3, 0.4) is 0 Å². The van der Waals surface area contributed by atoms with Crippen molar-refractivity contribution in [2.75, 3.05) is 13.1 Å². The highest BCUT2D eigenvalue weighted by molar-refractivity contribution is 5.77. The average Bonchev–Trinajstić information content (AvgIpc) is 3.01. The number of fused-ring (bicyclic) bond motifs is 1. The number of nitrogens with zero attached hydrogens (tertiary/aromatic N) is 3. The Labute approximate surface area is 157 Å². The number of pyridine rings is 1. The summed E-state index contributed by atoms with van der Waals surface area (Å²) in [5, 5.41) is 5.71. The van der Waals surface area contributed by atoms with Gasteiger partial charge < -0.3 is 15.2 Å². The maximum atomic E-state index is 13.3. The molecule has 2 heterocycles. The highest BCUT2D eigenvalue weighted by atomic mass is 19.1. The summed E-state index contributed by atoms with van der Waals surface area (Å²) < 4.78 is 15.2. The molecule has 0 fully saturated rings. The largest absolute Gasteiger partial charge is 0.338 e. The minimum absolute atomic E-state index is 0.184. The number of benzene rings is 1. The van der Waals surface area contributed by atoms with Crippen LogP contribution in [0.2, 0.25) is 0 Å². The van der Waals surface area contributed by atoms with Crippen LogP contribution in [0.1, 0.15) is 20.3 Å². The molecule has 0 saturated carbocycles. The minimum atomic E-state index is -0.292. The third-order valence-electron chi connectivity index (χ3n) is 4.23. The van der Waals surface area contributed by atoms with Crippen LogP contribution < -0.4 is 10.6 Å². The third kappa shape index (κ3) is 4.81. The molecular weight excluding hydrogens is 345 g/mol. The topological polar surface area (TPSA) is 71.8 Å². The molecule has 3 rings (SSSR count). The van der Waals surface area contributed by atoms with Gasteiger partial charge in [0.1, 0.15) is 17.2 Å². The van der Waals surface area contributed by atoms with Crippen molar-refractivity contribution < 1.29 is 9.18 Å². The molecule has 0 atom stereocenters. The maximum absolute atomic E-state index is 13.3. The monoisotopic (exact) mass is 369 g/mol. The van der Waals surface area contributed by atoms with Gasteiger partial charge in [-0.25, -0.2) is 19.2 Å². The number of nitrogens with one attached hydrogen (secondary N) is 2. The summed E-state index contributed by atoms with van der Waals surface area (Å²) in [6, 6.07) is 9.74. The van der Waals surface area contributed by atoms with Crippen LogP contribution in [-0.2, 0) is 6.54 Å². The molecule has 1 aromatic carbocycles. The van der Waals surface area contributed by atoms with Crippen molar-refractivity contribution in [3.8, 4) is 11.4 Å². The number of hydrogen-bond acceptors (Lipinski definition) is 3. The number of halogens is 1. The number of urea groups is 1. The highest BCUT2D eigenvalue weighted by Gasteiger charge is 2.13. The van der Waals surface area contributed by atoms with Gasteiger partial charge in [0.2, 0.25) is 0 Å². The summed E-state index contributed by atoms with van der Waals surface area (Å²) >= 11 is 0. The standard InChI is InChI=1S/C20H24FN5O/c1-14(2)9-11-23-20(27)24-12-13-26-18(15-5-7-16(21)8-6-15)25-17-4-3-10-22-19(17)26/h3-8,10,14H,9,11-13H2,1-2H3,(H2,23,24,27). The molecule has 3 aromatic rings. The van der Waals surface area contributed by atoms with Crippen molar-refractivity contribution >= 4 is 17.2 Å². The molecule has 27 heavy (non-hydrogen) atoms. The summed E-state index contributed by atoms with van der Waals surface area (Å²) in [5.41, 5.74) is 2.30. The van der Waals surface area contributed by atoms with Crippen molar-refractivity contribution in [1.29, 1.82) is 0 Å². The molecule has 2 aromatic heterocycles. The second-order valence-electron chi connectivity index (χ2n) is 6.81. The van der Waals surface area contributed by atoms with Crippen LogP contribution in [0, 0.1) is 11.7 Å². The molecule has 0 bridgehead atoms. The number of carbonyl (C=O) groups excluding carboxylic acids is 1. The molecule has 0 saturated heterocycles. The normalized spacial score (nSPS) is 11.1. The lowest BCUT2D eigenvalue weighted by Gasteiger charge is -2.11. The van der Waals surface area contributed by atoms with Crippen LogP contribution in [0.15, 0.2) is 42.6 Å². The first-order chi connectivity index (χ1) is 13.0. The molecule has 0 aliphatic rings. The van der Waals surface area contributed by atoms with Gasteiger partial charge in [-0.15, -0.1) is 0 Å². The lowest BCUT2D eigenvalue weighted by molar-refractivity contribution is 0.240. The van der Waals surface area contributed by atoms with E-state index in [4.69, 9.17) is 0 Å². The molecule has 7 heteroatoms. The van der Waals surface area contributed by atoms with Crippen molar-refractivity contribution in [2.24, 2.45) is 5.92 Å². The van der Waals surface area contributed by atoms with Gasteiger partial charge in [-0.3, -0.25) is 0 Å². The first-order valence-electron chi connectivity index (χ1n) is 9.13. The first kappa shape index (κ1) is 18.8. The fourth-order valence-electron chi connectivity index (χ4n) is 2.81. The zero-order valence-electron chi connectivity index (χ0n) is 15.6. The van der Waals surface area contributed by atoms with E-state index in [-0.39, 0.29) is 11.8 Å². The number of imidazole rings is 1. The van der Waals surface area contributed by atoms with E-state index in [0.29, 0.717) is 31.4 Å². The highest BCUT2D eigenvalue weighted by Crippen LogP contribution is 2.23. The Hall–Kier alpha value is -2.96. The molecular formula is C20H24FN5O. The van der Waals surface area contributed by atoms with Gasteiger partial charge in [0, 0.05) is 31.4 Å². The molecule has 142 valence electrons. The van der Waals surface area contributed by atoms with Gasteiger partial charge in [0.15, 0.2) is 5.65 Å². The maximum Gasteiger partial charge on any atom is 0.314 e. The van der Waals surface area contributed by atoms with Gasteiger partial charge in [0.05, 0.1) is 0 Å². The molecule has 2 amide bonds.